The largest absolute Gasteiger partial charge is 0.487 e. The van der Waals surface area contributed by atoms with Crippen LogP contribution in [-0.4, -0.2) is 35.7 Å². The molecule has 6 nitrogen and oxygen atoms in total. The van der Waals surface area contributed by atoms with Crippen LogP contribution in [-0.2, 0) is 6.61 Å². The average molecular weight is 408 g/mol. The Hall–Kier alpha value is -3.19. The Morgan fingerprint density at radius 1 is 1.30 bits per heavy atom. The Morgan fingerprint density at radius 3 is 3.00 bits per heavy atom. The molecular formula is C23H23FN4O2. The number of hydrogen-bond donors (Lipinski definition) is 1. The summed E-state index contributed by atoms with van der Waals surface area (Å²) in [5.74, 6) is -0.262. The minimum atomic E-state index is -1.47. The molecule has 1 fully saturated rings. The van der Waals surface area contributed by atoms with Crippen molar-refractivity contribution in [3.8, 4) is 11.4 Å². The fraction of sp³-hybridized carbons (Fsp3) is 0.304. The summed E-state index contributed by atoms with van der Waals surface area (Å²) in [6.07, 6.45) is 3.64. The van der Waals surface area contributed by atoms with E-state index < -0.39 is 12.3 Å². The van der Waals surface area contributed by atoms with Crippen molar-refractivity contribution >= 4 is 5.69 Å². The van der Waals surface area contributed by atoms with Crippen molar-refractivity contribution < 1.29 is 11.9 Å². The summed E-state index contributed by atoms with van der Waals surface area (Å²) in [5.41, 5.74) is 2.93. The van der Waals surface area contributed by atoms with Gasteiger partial charge < -0.3 is 15.0 Å². The van der Waals surface area contributed by atoms with Gasteiger partial charge >= 0.3 is 0 Å². The van der Waals surface area contributed by atoms with Crippen molar-refractivity contribution in [1.82, 2.24) is 14.9 Å². The number of piperidine rings is 1. The second-order valence-corrected chi connectivity index (χ2v) is 7.59. The molecule has 2 aromatic heterocycles. The number of benzene rings is 1. The van der Waals surface area contributed by atoms with Gasteiger partial charge in [0.2, 0.25) is 0 Å². The first kappa shape index (κ1) is 16.6. The lowest BCUT2D eigenvalue weighted by Gasteiger charge is -2.31. The molecule has 7 heteroatoms. The molecule has 0 bridgehead atoms. The van der Waals surface area contributed by atoms with Crippen molar-refractivity contribution in [3.05, 3.63) is 82.3 Å². The topological polar surface area (TPSA) is 59.4 Å². The highest BCUT2D eigenvalue weighted by Crippen LogP contribution is 2.42. The van der Waals surface area contributed by atoms with Gasteiger partial charge in [-0.3, -0.25) is 14.3 Å². The molecule has 30 heavy (non-hydrogen) atoms. The van der Waals surface area contributed by atoms with Crippen molar-refractivity contribution in [2.45, 2.75) is 25.0 Å². The molecule has 0 amide bonds. The molecule has 1 saturated heterocycles. The molecule has 5 rings (SSSR count). The summed E-state index contributed by atoms with van der Waals surface area (Å²) in [6, 6.07) is 11.8. The van der Waals surface area contributed by atoms with E-state index in [0.29, 0.717) is 23.7 Å². The van der Waals surface area contributed by atoms with E-state index in [0.717, 1.165) is 23.9 Å². The number of rotatable bonds is 4. The number of hydrogen-bond acceptors (Lipinski definition) is 5. The summed E-state index contributed by atoms with van der Waals surface area (Å²) < 4.78 is 36.9. The number of anilines is 1. The van der Waals surface area contributed by atoms with Crippen LogP contribution in [0.5, 0.6) is 5.75 Å². The van der Waals surface area contributed by atoms with E-state index in [2.05, 4.69) is 15.2 Å². The van der Waals surface area contributed by atoms with Crippen molar-refractivity contribution in [2.24, 2.45) is 0 Å². The van der Waals surface area contributed by atoms with Crippen molar-refractivity contribution in [3.63, 3.8) is 0 Å². The second-order valence-electron chi connectivity index (χ2n) is 7.59. The van der Waals surface area contributed by atoms with Crippen LogP contribution in [0.15, 0.2) is 59.7 Å². The molecule has 0 saturated carbocycles. The first-order valence-corrected chi connectivity index (χ1v) is 9.91. The van der Waals surface area contributed by atoms with Gasteiger partial charge in [0.05, 0.1) is 17.6 Å². The van der Waals surface area contributed by atoms with Crippen LogP contribution < -0.4 is 20.5 Å². The fourth-order valence-electron chi connectivity index (χ4n) is 4.21. The number of ether oxygens (including phenoxy) is 1. The van der Waals surface area contributed by atoms with Crippen molar-refractivity contribution in [2.75, 3.05) is 25.0 Å². The number of fused-ring (bicyclic) bond motifs is 3. The van der Waals surface area contributed by atoms with Crippen LogP contribution in [0.3, 0.4) is 0 Å². The number of aromatic nitrogens is 2. The monoisotopic (exact) mass is 408 g/mol. The molecule has 1 aromatic carbocycles. The maximum atomic E-state index is 13.0. The molecule has 1 N–H and O–H groups in total. The summed E-state index contributed by atoms with van der Waals surface area (Å²) >= 11 is 0. The molecule has 4 heterocycles. The lowest BCUT2D eigenvalue weighted by Crippen LogP contribution is -2.42. The predicted octanol–water partition coefficient (Wildman–Crippen LogP) is 2.85. The number of likely N-dealkylation sites (N-methyl/N-ethyl adjacent to an activating group) is 1. The lowest BCUT2D eigenvalue weighted by molar-refractivity contribution is 0.300. The lowest BCUT2D eigenvalue weighted by atomic mass is 9.90. The Bertz CT molecular complexity index is 1220. The SMILES string of the molecule is [2H]C1([2H])NCCC2C1c1ccc(-n3ccc(OCc4ccc(F)cn4)cc3=O)cc1N2C. The van der Waals surface area contributed by atoms with Crippen molar-refractivity contribution in [1.29, 1.82) is 0 Å². The first-order valence-electron chi connectivity index (χ1n) is 10.9. The van der Waals surface area contributed by atoms with E-state index in [9.17, 15) is 9.18 Å². The minimum Gasteiger partial charge on any atom is -0.487 e. The van der Waals surface area contributed by atoms with Gasteiger partial charge in [0.1, 0.15) is 18.2 Å². The molecule has 2 atom stereocenters. The third-order valence-electron chi connectivity index (χ3n) is 5.78. The summed E-state index contributed by atoms with van der Waals surface area (Å²) in [5, 5.41) is 2.99. The van der Waals surface area contributed by atoms with Gasteiger partial charge in [-0.15, -0.1) is 0 Å². The fourth-order valence-corrected chi connectivity index (χ4v) is 4.21. The highest BCUT2D eigenvalue weighted by atomic mass is 19.1. The normalized spacial score (nSPS) is 22.7. The molecule has 2 unspecified atom stereocenters. The highest BCUT2D eigenvalue weighted by Gasteiger charge is 2.37. The van der Waals surface area contributed by atoms with Crippen LogP contribution in [0.2, 0.25) is 0 Å². The molecule has 0 spiro atoms. The van der Waals surface area contributed by atoms with Crippen LogP contribution in [0.4, 0.5) is 10.1 Å². The number of nitrogens with zero attached hydrogens (tertiary/aromatic N) is 3. The van der Waals surface area contributed by atoms with E-state index in [4.69, 9.17) is 7.48 Å². The summed E-state index contributed by atoms with van der Waals surface area (Å²) in [7, 11) is 1.98. The third kappa shape index (κ3) is 3.35. The van der Waals surface area contributed by atoms with Crippen LogP contribution in [0, 0.1) is 5.82 Å². The molecular weight excluding hydrogens is 383 g/mol. The zero-order valence-electron chi connectivity index (χ0n) is 18.5. The Morgan fingerprint density at radius 2 is 2.20 bits per heavy atom. The highest BCUT2D eigenvalue weighted by molar-refractivity contribution is 5.65. The Balaban J connectivity index is 1.39. The number of halogens is 1. The molecule has 2 aliphatic heterocycles. The standard InChI is InChI=1S/C23H23FN4O2/c1-27-21-6-8-25-13-20(21)19-5-4-17(10-22(19)27)28-9-7-18(11-23(28)29)30-14-16-3-2-15(24)12-26-16/h2-5,7,9-12,20-21,25H,6,8,13-14H2,1H3/i13D2. The average Bonchev–Trinajstić information content (AvgIpc) is 3.06. The van der Waals surface area contributed by atoms with Gasteiger partial charge in [-0.2, -0.15) is 0 Å². The van der Waals surface area contributed by atoms with E-state index in [1.807, 2.05) is 25.2 Å². The smallest absolute Gasteiger partial charge is 0.258 e. The zero-order chi connectivity index (χ0) is 22.5. The quantitative estimate of drug-likeness (QED) is 0.720. The van der Waals surface area contributed by atoms with Crippen LogP contribution in [0.25, 0.3) is 5.69 Å². The number of nitrogens with one attached hydrogen (secondary N) is 1. The Labute approximate surface area is 176 Å². The summed E-state index contributed by atoms with van der Waals surface area (Å²) in [6.45, 7) is -0.709. The molecule has 2 aliphatic rings. The number of pyridine rings is 2. The van der Waals surface area contributed by atoms with Crippen LogP contribution in [0.1, 0.15) is 26.3 Å². The van der Waals surface area contributed by atoms with E-state index >= 15 is 0 Å². The van der Waals surface area contributed by atoms with Gasteiger partial charge in [-0.05, 0) is 48.9 Å². The predicted molar refractivity (Wildman–Crippen MR) is 113 cm³/mol. The molecule has 154 valence electrons. The first-order chi connectivity index (χ1) is 15.3. The van der Waals surface area contributed by atoms with E-state index in [1.54, 1.807) is 12.3 Å². The minimum absolute atomic E-state index is 0.0871. The van der Waals surface area contributed by atoms with Gasteiger partial charge in [0.15, 0.2) is 0 Å². The van der Waals surface area contributed by atoms with E-state index in [1.165, 1.54) is 22.8 Å². The molecule has 3 aromatic rings. The van der Waals surface area contributed by atoms with Gasteiger partial charge in [-0.25, -0.2) is 4.39 Å². The maximum Gasteiger partial charge on any atom is 0.258 e. The molecule has 0 aliphatic carbocycles. The molecule has 0 radical (unpaired) electrons. The maximum absolute atomic E-state index is 13.0. The van der Waals surface area contributed by atoms with Gasteiger partial charge in [0, 0.05) is 46.2 Å². The van der Waals surface area contributed by atoms with E-state index in [-0.39, 0.29) is 24.1 Å². The second kappa shape index (κ2) is 7.57. The zero-order valence-corrected chi connectivity index (χ0v) is 16.5. The third-order valence-corrected chi connectivity index (χ3v) is 5.78. The summed E-state index contributed by atoms with van der Waals surface area (Å²) in [4.78, 5) is 18.8. The van der Waals surface area contributed by atoms with Gasteiger partial charge in [-0.1, -0.05) is 6.07 Å². The van der Waals surface area contributed by atoms with Gasteiger partial charge in [0.25, 0.3) is 5.56 Å². The Kier molecular flexibility index (Phi) is 4.19. The van der Waals surface area contributed by atoms with Crippen LogP contribution >= 0.6 is 0 Å².